The number of benzene rings is 2. The summed E-state index contributed by atoms with van der Waals surface area (Å²) in [7, 11) is -2.92. The fraction of sp³-hybridized carbons (Fsp3) is 0.0769. The van der Waals surface area contributed by atoms with Crippen molar-refractivity contribution in [3.8, 4) is 16.9 Å². The van der Waals surface area contributed by atoms with Crippen molar-refractivity contribution in [2.75, 3.05) is 0 Å². The van der Waals surface area contributed by atoms with Crippen molar-refractivity contribution in [3.05, 3.63) is 52.1 Å². The van der Waals surface area contributed by atoms with Gasteiger partial charge in [-0.3, -0.25) is 0 Å². The van der Waals surface area contributed by atoms with Gasteiger partial charge in [0.2, 0.25) is 11.6 Å². The molecule has 0 saturated heterocycles. The predicted molar refractivity (Wildman–Crippen MR) is 67.1 cm³/mol. The van der Waals surface area contributed by atoms with Gasteiger partial charge < -0.3 is 14.7 Å². The Morgan fingerprint density at radius 1 is 0.600 bits per heavy atom. The molecule has 3 nitrogen and oxygen atoms in total. The molecule has 0 aliphatic heterocycles. The highest BCUT2D eigenvalue weighted by Crippen LogP contribution is 2.42. The van der Waals surface area contributed by atoms with E-state index < -0.39 is 76.3 Å². The van der Waals surface area contributed by atoms with Crippen molar-refractivity contribution >= 4 is 7.32 Å². The highest BCUT2D eigenvalue weighted by atomic mass is 19.2. The molecule has 0 saturated carbocycles. The zero-order valence-electron chi connectivity index (χ0n) is 11.9. The molecule has 25 heavy (non-hydrogen) atoms. The molecule has 134 valence electrons. The highest BCUT2D eigenvalue weighted by Gasteiger charge is 2.34. The van der Waals surface area contributed by atoms with Gasteiger partial charge in [-0.05, 0) is 12.5 Å². The molecule has 2 aromatic carbocycles. The van der Waals surface area contributed by atoms with Crippen molar-refractivity contribution in [1.82, 2.24) is 0 Å². The molecular weight excluding hydrogens is 367 g/mol. The molecule has 2 rings (SSSR count). The maximum absolute atomic E-state index is 14.0. The normalized spacial score (nSPS) is 11.0. The van der Waals surface area contributed by atoms with Gasteiger partial charge in [0.1, 0.15) is 0 Å². The van der Waals surface area contributed by atoms with E-state index in [-0.39, 0.29) is 0 Å². The van der Waals surface area contributed by atoms with E-state index in [0.29, 0.717) is 6.92 Å². The first-order chi connectivity index (χ1) is 11.5. The van der Waals surface area contributed by atoms with Gasteiger partial charge in [-0.2, -0.15) is 4.39 Å². The molecule has 0 fully saturated rings. The van der Waals surface area contributed by atoms with Crippen LogP contribution in [0.15, 0.2) is 0 Å². The third-order valence-electron chi connectivity index (χ3n) is 3.20. The molecular formula is C13H5BF8O3. The first-order valence-corrected chi connectivity index (χ1v) is 6.22. The molecule has 0 atom stereocenters. The van der Waals surface area contributed by atoms with Crippen molar-refractivity contribution in [3.63, 3.8) is 0 Å². The summed E-state index contributed by atoms with van der Waals surface area (Å²) in [5.74, 6) is -20.5. The summed E-state index contributed by atoms with van der Waals surface area (Å²) in [5, 5.41) is 17.3. The quantitative estimate of drug-likeness (QED) is 0.377. The number of hydrogen-bond donors (Lipinski definition) is 2. The van der Waals surface area contributed by atoms with Crippen LogP contribution in [0.3, 0.4) is 0 Å². The Bertz CT molecular complexity index is 843. The van der Waals surface area contributed by atoms with Crippen LogP contribution in [-0.2, 0) is 0 Å². The van der Waals surface area contributed by atoms with Crippen LogP contribution >= 0.6 is 0 Å². The average molecular weight is 372 g/mol. The van der Waals surface area contributed by atoms with Gasteiger partial charge >= 0.3 is 7.32 Å². The second kappa shape index (κ2) is 6.52. The molecule has 0 heterocycles. The van der Waals surface area contributed by atoms with E-state index in [4.69, 9.17) is 10.0 Å². The molecule has 0 unspecified atom stereocenters. The fourth-order valence-corrected chi connectivity index (χ4v) is 2.09. The lowest BCUT2D eigenvalue weighted by Gasteiger charge is -2.17. The Balaban J connectivity index is 3.03. The Morgan fingerprint density at radius 2 is 1.00 bits per heavy atom. The van der Waals surface area contributed by atoms with Crippen LogP contribution in [0, 0.1) is 53.5 Å². The lowest BCUT2D eigenvalue weighted by molar-refractivity contribution is 0.276. The smallest absolute Gasteiger partial charge is 0.509 e. The van der Waals surface area contributed by atoms with Gasteiger partial charge in [-0.1, -0.05) is 0 Å². The van der Waals surface area contributed by atoms with E-state index in [1.807, 2.05) is 0 Å². The number of hydrogen-bond acceptors (Lipinski definition) is 3. The monoisotopic (exact) mass is 372 g/mol. The van der Waals surface area contributed by atoms with Crippen LogP contribution < -0.4 is 4.65 Å². The summed E-state index contributed by atoms with van der Waals surface area (Å²) in [6, 6.07) is 0. The second-order valence-corrected chi connectivity index (χ2v) is 4.66. The zero-order chi connectivity index (χ0) is 19.2. The largest absolute Gasteiger partial charge is 0.707 e. The first-order valence-electron chi connectivity index (χ1n) is 6.22. The Hall–Kier alpha value is -2.34. The van der Waals surface area contributed by atoms with Crippen LogP contribution in [0.4, 0.5) is 35.1 Å². The van der Waals surface area contributed by atoms with Gasteiger partial charge in [0.25, 0.3) is 0 Å². The molecule has 0 amide bonds. The summed E-state index contributed by atoms with van der Waals surface area (Å²) in [4.78, 5) is 0. The van der Waals surface area contributed by atoms with Gasteiger partial charge in [0, 0.05) is 5.56 Å². The van der Waals surface area contributed by atoms with Crippen molar-refractivity contribution in [2.45, 2.75) is 6.92 Å². The fourth-order valence-electron chi connectivity index (χ4n) is 2.09. The highest BCUT2D eigenvalue weighted by molar-refractivity contribution is 6.34. The summed E-state index contributed by atoms with van der Waals surface area (Å²) in [6.07, 6.45) is 0. The molecule has 0 aromatic heterocycles. The summed E-state index contributed by atoms with van der Waals surface area (Å²) < 4.78 is 113. The van der Waals surface area contributed by atoms with Crippen LogP contribution in [0.2, 0.25) is 0 Å². The summed E-state index contributed by atoms with van der Waals surface area (Å²) >= 11 is 0. The summed E-state index contributed by atoms with van der Waals surface area (Å²) in [5.41, 5.74) is -4.39. The van der Waals surface area contributed by atoms with Gasteiger partial charge in [-0.15, -0.1) is 0 Å². The Labute approximate surface area is 134 Å². The first kappa shape index (κ1) is 19.0. The van der Waals surface area contributed by atoms with E-state index in [2.05, 4.69) is 4.65 Å². The third-order valence-corrected chi connectivity index (χ3v) is 3.20. The van der Waals surface area contributed by atoms with Crippen LogP contribution in [-0.4, -0.2) is 17.4 Å². The average Bonchev–Trinajstić information content (AvgIpc) is 2.56. The molecule has 0 aliphatic rings. The molecule has 2 N–H and O–H groups in total. The van der Waals surface area contributed by atoms with Crippen molar-refractivity contribution < 1.29 is 49.8 Å². The lowest BCUT2D eigenvalue weighted by atomic mass is 9.96. The van der Waals surface area contributed by atoms with Gasteiger partial charge in [0.15, 0.2) is 40.7 Å². The standard InChI is InChI=1S/C13H5BF8O3/c1-2-3(6(16)9(19)8(18)5(2)15)4-7(17)10(20)11(21)12(22)13(4)25-14(23)24/h23-24H,1H3. The van der Waals surface area contributed by atoms with E-state index >= 15 is 0 Å². The maximum Gasteiger partial charge on any atom is 0.707 e. The number of halogens is 8. The summed E-state index contributed by atoms with van der Waals surface area (Å²) in [6.45, 7) is 0.605. The van der Waals surface area contributed by atoms with E-state index in [9.17, 15) is 35.1 Å². The maximum atomic E-state index is 14.0. The molecule has 0 radical (unpaired) electrons. The minimum absolute atomic E-state index is 0.605. The van der Waals surface area contributed by atoms with Crippen LogP contribution in [0.25, 0.3) is 11.1 Å². The van der Waals surface area contributed by atoms with E-state index in [0.717, 1.165) is 0 Å². The minimum Gasteiger partial charge on any atom is -0.509 e. The molecule has 12 heteroatoms. The van der Waals surface area contributed by atoms with Gasteiger partial charge in [0.05, 0.1) is 5.56 Å². The molecule has 0 bridgehead atoms. The minimum atomic E-state index is -2.92. The Morgan fingerprint density at radius 3 is 1.48 bits per heavy atom. The molecule has 0 spiro atoms. The third kappa shape index (κ3) is 2.91. The zero-order valence-corrected chi connectivity index (χ0v) is 11.9. The van der Waals surface area contributed by atoms with Crippen molar-refractivity contribution in [1.29, 1.82) is 0 Å². The van der Waals surface area contributed by atoms with Crippen LogP contribution in [0.1, 0.15) is 5.56 Å². The second-order valence-electron chi connectivity index (χ2n) is 4.66. The SMILES string of the molecule is Cc1c(F)c(F)c(F)c(F)c1-c1c(F)c(F)c(F)c(F)c1OB(O)O. The molecule has 0 aliphatic carbocycles. The Kier molecular flexibility index (Phi) is 4.96. The van der Waals surface area contributed by atoms with Gasteiger partial charge in [-0.25, -0.2) is 30.7 Å². The van der Waals surface area contributed by atoms with E-state index in [1.165, 1.54) is 0 Å². The van der Waals surface area contributed by atoms with E-state index in [1.54, 1.807) is 0 Å². The predicted octanol–water partition coefficient (Wildman–Crippen LogP) is 3.12. The van der Waals surface area contributed by atoms with Crippen molar-refractivity contribution in [2.24, 2.45) is 0 Å². The number of rotatable bonds is 3. The molecule has 2 aromatic rings. The van der Waals surface area contributed by atoms with Crippen LogP contribution in [0.5, 0.6) is 5.75 Å². The lowest BCUT2D eigenvalue weighted by Crippen LogP contribution is -2.23. The topological polar surface area (TPSA) is 49.7 Å².